The summed E-state index contributed by atoms with van der Waals surface area (Å²) in [6.45, 7) is 4.26. The van der Waals surface area contributed by atoms with Crippen LogP contribution in [0.15, 0.2) is 33.2 Å². The molecule has 2 rings (SSSR count). The Labute approximate surface area is 120 Å². The molecule has 102 valence electrons. The van der Waals surface area contributed by atoms with Crippen molar-refractivity contribution in [2.24, 2.45) is 0 Å². The third-order valence-electron chi connectivity index (χ3n) is 2.68. The van der Waals surface area contributed by atoms with Gasteiger partial charge in [0.2, 0.25) is 11.8 Å². The number of hydrogen-bond donors (Lipinski definition) is 2. The maximum Gasteiger partial charge on any atom is 0.248 e. The molecule has 0 saturated heterocycles. The molecule has 5 nitrogen and oxygen atoms in total. The van der Waals surface area contributed by atoms with Crippen LogP contribution in [0, 0.1) is 0 Å². The highest BCUT2D eigenvalue weighted by Crippen LogP contribution is 2.26. The van der Waals surface area contributed by atoms with E-state index in [2.05, 4.69) is 31.4 Å². The summed E-state index contributed by atoms with van der Waals surface area (Å²) in [6, 6.07) is 7.67. The lowest BCUT2D eigenvalue weighted by atomic mass is 10.1. The molecule has 0 amide bonds. The molecule has 0 atom stereocenters. The Morgan fingerprint density at radius 3 is 2.74 bits per heavy atom. The van der Waals surface area contributed by atoms with Gasteiger partial charge in [-0.15, -0.1) is 10.2 Å². The van der Waals surface area contributed by atoms with Gasteiger partial charge in [0.1, 0.15) is 0 Å². The van der Waals surface area contributed by atoms with Crippen LogP contribution >= 0.6 is 15.9 Å². The largest absolute Gasteiger partial charge is 0.419 e. The van der Waals surface area contributed by atoms with E-state index in [0.29, 0.717) is 18.3 Å². The van der Waals surface area contributed by atoms with Gasteiger partial charge in [-0.05, 0) is 41.9 Å². The smallest absolute Gasteiger partial charge is 0.248 e. The van der Waals surface area contributed by atoms with Crippen molar-refractivity contribution in [1.82, 2.24) is 15.5 Å². The normalized spacial score (nSPS) is 11.8. The molecule has 0 radical (unpaired) electrons. The zero-order chi connectivity index (χ0) is 13.9. The van der Waals surface area contributed by atoms with Crippen LogP contribution in [0.3, 0.4) is 0 Å². The molecule has 0 saturated carbocycles. The van der Waals surface area contributed by atoms with E-state index in [1.807, 2.05) is 38.1 Å². The molecule has 0 fully saturated rings. The maximum atomic E-state index is 9.16. The summed E-state index contributed by atoms with van der Waals surface area (Å²) in [4.78, 5) is 0. The first kappa shape index (κ1) is 14.2. The van der Waals surface area contributed by atoms with Crippen LogP contribution < -0.4 is 5.32 Å². The van der Waals surface area contributed by atoms with E-state index >= 15 is 0 Å². The van der Waals surface area contributed by atoms with Crippen LogP contribution in [0.5, 0.6) is 0 Å². The number of nitrogens with zero attached hydrogens (tertiary/aromatic N) is 2. The Bertz CT molecular complexity index is 554. The Kier molecular flexibility index (Phi) is 4.34. The van der Waals surface area contributed by atoms with E-state index in [4.69, 9.17) is 9.52 Å². The van der Waals surface area contributed by atoms with Gasteiger partial charge < -0.3 is 14.8 Å². The fourth-order valence-corrected chi connectivity index (χ4v) is 1.89. The second-order valence-electron chi connectivity index (χ2n) is 4.88. The van der Waals surface area contributed by atoms with Crippen LogP contribution in [0.4, 0.5) is 0 Å². The average Bonchev–Trinajstić information content (AvgIpc) is 2.86. The molecule has 0 aliphatic carbocycles. The van der Waals surface area contributed by atoms with E-state index < -0.39 is 0 Å². The van der Waals surface area contributed by atoms with Crippen LogP contribution in [-0.2, 0) is 6.54 Å². The topological polar surface area (TPSA) is 71.2 Å². The lowest BCUT2D eigenvalue weighted by Gasteiger charge is -2.22. The van der Waals surface area contributed by atoms with Crippen molar-refractivity contribution in [2.45, 2.75) is 25.9 Å². The number of hydrogen-bond acceptors (Lipinski definition) is 5. The second kappa shape index (κ2) is 5.81. The maximum absolute atomic E-state index is 9.16. The van der Waals surface area contributed by atoms with Gasteiger partial charge >= 0.3 is 0 Å². The lowest BCUT2D eigenvalue weighted by Crippen LogP contribution is -2.42. The first-order valence-corrected chi connectivity index (χ1v) is 6.74. The molecule has 0 aliphatic rings. The van der Waals surface area contributed by atoms with Gasteiger partial charge in [-0.2, -0.15) is 0 Å². The van der Waals surface area contributed by atoms with Crippen LogP contribution in [0.1, 0.15) is 19.7 Å². The predicted octanol–water partition coefficient (Wildman–Crippen LogP) is 2.36. The van der Waals surface area contributed by atoms with E-state index in [1.54, 1.807) is 0 Å². The molecule has 0 bridgehead atoms. The Morgan fingerprint density at radius 1 is 1.32 bits per heavy atom. The molecule has 0 aliphatic heterocycles. The summed E-state index contributed by atoms with van der Waals surface area (Å²) in [5, 5.41) is 20.3. The monoisotopic (exact) mass is 325 g/mol. The highest BCUT2D eigenvalue weighted by molar-refractivity contribution is 9.10. The van der Waals surface area contributed by atoms with Crippen molar-refractivity contribution in [3.63, 3.8) is 0 Å². The Balaban J connectivity index is 2.10. The van der Waals surface area contributed by atoms with Crippen molar-refractivity contribution in [1.29, 1.82) is 0 Å². The van der Waals surface area contributed by atoms with Gasteiger partial charge in [-0.25, -0.2) is 0 Å². The SMILES string of the molecule is CC(C)(CO)NCc1nnc(-c2ccccc2Br)o1. The minimum Gasteiger partial charge on any atom is -0.419 e. The molecule has 2 aromatic rings. The van der Waals surface area contributed by atoms with Crippen LogP contribution in [0.25, 0.3) is 11.5 Å². The fourth-order valence-electron chi connectivity index (χ4n) is 1.44. The van der Waals surface area contributed by atoms with Gasteiger partial charge in [0, 0.05) is 10.0 Å². The molecule has 1 heterocycles. The highest BCUT2D eigenvalue weighted by atomic mass is 79.9. The first-order chi connectivity index (χ1) is 9.02. The van der Waals surface area contributed by atoms with Gasteiger partial charge in [0.25, 0.3) is 0 Å². The van der Waals surface area contributed by atoms with Crippen molar-refractivity contribution in [3.05, 3.63) is 34.6 Å². The summed E-state index contributed by atoms with van der Waals surface area (Å²) in [7, 11) is 0. The number of aliphatic hydroxyl groups excluding tert-OH is 1. The van der Waals surface area contributed by atoms with Gasteiger partial charge in [0.15, 0.2) is 0 Å². The zero-order valence-electron chi connectivity index (χ0n) is 10.9. The average molecular weight is 326 g/mol. The molecule has 6 heteroatoms. The van der Waals surface area contributed by atoms with Gasteiger partial charge in [0.05, 0.1) is 18.7 Å². The Hall–Kier alpha value is -1.24. The number of rotatable bonds is 5. The van der Waals surface area contributed by atoms with Gasteiger partial charge in [-0.1, -0.05) is 12.1 Å². The minimum atomic E-state index is -0.373. The summed E-state index contributed by atoms with van der Waals surface area (Å²) in [6.07, 6.45) is 0. The van der Waals surface area contributed by atoms with E-state index in [-0.39, 0.29) is 12.1 Å². The summed E-state index contributed by atoms with van der Waals surface area (Å²) < 4.78 is 6.51. The van der Waals surface area contributed by atoms with Crippen LogP contribution in [-0.4, -0.2) is 27.4 Å². The lowest BCUT2D eigenvalue weighted by molar-refractivity contribution is 0.184. The first-order valence-electron chi connectivity index (χ1n) is 5.95. The summed E-state index contributed by atoms with van der Waals surface area (Å²) >= 11 is 3.45. The van der Waals surface area contributed by atoms with Crippen molar-refractivity contribution >= 4 is 15.9 Å². The zero-order valence-corrected chi connectivity index (χ0v) is 12.4. The third-order valence-corrected chi connectivity index (χ3v) is 3.38. The molecule has 0 unspecified atom stereocenters. The standard InChI is InChI=1S/C13H16BrN3O2/c1-13(2,8-18)15-7-11-16-17-12(19-11)9-5-3-4-6-10(9)14/h3-6,15,18H,7-8H2,1-2H3. The number of nitrogens with one attached hydrogen (secondary N) is 1. The molecule has 0 spiro atoms. The number of benzene rings is 1. The second-order valence-corrected chi connectivity index (χ2v) is 5.73. The van der Waals surface area contributed by atoms with E-state index in [0.717, 1.165) is 10.0 Å². The molecular formula is C13H16BrN3O2. The van der Waals surface area contributed by atoms with Crippen molar-refractivity contribution < 1.29 is 9.52 Å². The summed E-state index contributed by atoms with van der Waals surface area (Å²) in [5.74, 6) is 0.971. The number of halogens is 1. The molecule has 2 N–H and O–H groups in total. The summed E-state index contributed by atoms with van der Waals surface area (Å²) in [5.41, 5.74) is 0.491. The minimum absolute atomic E-state index is 0.0399. The van der Waals surface area contributed by atoms with E-state index in [1.165, 1.54) is 0 Å². The molecular weight excluding hydrogens is 310 g/mol. The van der Waals surface area contributed by atoms with E-state index in [9.17, 15) is 0 Å². The van der Waals surface area contributed by atoms with Gasteiger partial charge in [-0.3, -0.25) is 0 Å². The number of aromatic nitrogens is 2. The molecule has 1 aromatic heterocycles. The fraction of sp³-hybridized carbons (Fsp3) is 0.385. The van der Waals surface area contributed by atoms with Crippen LogP contribution in [0.2, 0.25) is 0 Å². The Morgan fingerprint density at radius 2 is 2.05 bits per heavy atom. The molecule has 19 heavy (non-hydrogen) atoms. The predicted molar refractivity (Wildman–Crippen MR) is 75.4 cm³/mol. The van der Waals surface area contributed by atoms with Crippen molar-refractivity contribution in [3.8, 4) is 11.5 Å². The number of aliphatic hydroxyl groups is 1. The quantitative estimate of drug-likeness (QED) is 0.883. The van der Waals surface area contributed by atoms with Crippen molar-refractivity contribution in [2.75, 3.05) is 6.61 Å². The highest BCUT2D eigenvalue weighted by Gasteiger charge is 2.17. The molecule has 1 aromatic carbocycles. The third kappa shape index (κ3) is 3.62.